The summed E-state index contributed by atoms with van der Waals surface area (Å²) < 4.78 is 2.07. The third-order valence-corrected chi connectivity index (χ3v) is 4.72. The van der Waals surface area contributed by atoms with Gasteiger partial charge in [-0.05, 0) is 70.0 Å². The summed E-state index contributed by atoms with van der Waals surface area (Å²) in [6, 6.07) is 3.03. The molecule has 0 aromatic carbocycles. The zero-order valence-corrected chi connectivity index (χ0v) is 14.5. The lowest BCUT2D eigenvalue weighted by atomic mass is 9.90. The summed E-state index contributed by atoms with van der Waals surface area (Å²) in [5, 5.41) is 0. The highest BCUT2D eigenvalue weighted by molar-refractivity contribution is 9.11. The molecule has 19 heavy (non-hydrogen) atoms. The molecule has 0 atom stereocenters. The number of aromatic nitrogens is 1. The minimum absolute atomic E-state index is 0.390. The highest BCUT2D eigenvalue weighted by Crippen LogP contribution is 2.32. The fourth-order valence-corrected chi connectivity index (χ4v) is 3.95. The molecule has 1 fully saturated rings. The zero-order chi connectivity index (χ0) is 13.8. The molecule has 2 N–H and O–H groups in total. The van der Waals surface area contributed by atoms with Crippen LogP contribution >= 0.6 is 31.9 Å². The van der Waals surface area contributed by atoms with Gasteiger partial charge in [0.2, 0.25) is 0 Å². The van der Waals surface area contributed by atoms with Crippen LogP contribution in [0.2, 0.25) is 0 Å². The van der Waals surface area contributed by atoms with Crippen molar-refractivity contribution in [3.8, 4) is 0 Å². The lowest BCUT2D eigenvalue weighted by Gasteiger charge is -2.37. The van der Waals surface area contributed by atoms with Gasteiger partial charge >= 0.3 is 0 Å². The first-order chi connectivity index (χ1) is 9.11. The molecule has 1 heterocycles. The normalized spacial score (nSPS) is 23.4. The Morgan fingerprint density at radius 1 is 1.32 bits per heavy atom. The second-order valence-electron chi connectivity index (χ2n) is 5.22. The van der Waals surface area contributed by atoms with Crippen LogP contribution in [-0.4, -0.2) is 23.6 Å². The van der Waals surface area contributed by atoms with Crippen molar-refractivity contribution in [2.45, 2.75) is 51.1 Å². The Morgan fingerprint density at radius 3 is 2.58 bits per heavy atom. The second kappa shape index (κ2) is 7.04. The molecule has 0 aliphatic heterocycles. The molecule has 0 unspecified atom stereocenters. The van der Waals surface area contributed by atoms with Gasteiger partial charge in [-0.15, -0.1) is 0 Å². The number of hydrogen-bond acceptors (Lipinski definition) is 3. The molecule has 3 nitrogen and oxygen atoms in total. The Kier molecular flexibility index (Phi) is 5.66. The van der Waals surface area contributed by atoms with E-state index in [1.807, 2.05) is 6.20 Å². The Bertz CT molecular complexity index is 417. The number of rotatable bonds is 4. The van der Waals surface area contributed by atoms with E-state index in [1.54, 1.807) is 0 Å². The molecule has 0 bridgehead atoms. The maximum atomic E-state index is 6.01. The topological polar surface area (TPSA) is 42.2 Å². The lowest BCUT2D eigenvalue weighted by Crippen LogP contribution is -2.42. The highest BCUT2D eigenvalue weighted by atomic mass is 79.9. The molecule has 1 aliphatic rings. The minimum Gasteiger partial charge on any atom is -0.353 e. The molecule has 0 radical (unpaired) electrons. The average Bonchev–Trinajstić information content (AvgIpc) is 2.38. The van der Waals surface area contributed by atoms with Crippen LogP contribution in [0.1, 0.15) is 39.0 Å². The number of pyridine rings is 1. The van der Waals surface area contributed by atoms with Gasteiger partial charge in [-0.3, -0.25) is 0 Å². The van der Waals surface area contributed by atoms with E-state index in [1.165, 1.54) is 12.8 Å². The molecule has 1 aliphatic carbocycles. The largest absolute Gasteiger partial charge is 0.353 e. The van der Waals surface area contributed by atoms with Crippen LogP contribution in [0.5, 0.6) is 0 Å². The van der Waals surface area contributed by atoms with Crippen LogP contribution in [0.3, 0.4) is 0 Å². The van der Waals surface area contributed by atoms with E-state index in [-0.39, 0.29) is 0 Å². The molecule has 106 valence electrons. The van der Waals surface area contributed by atoms with Crippen molar-refractivity contribution in [1.82, 2.24) is 4.98 Å². The van der Waals surface area contributed by atoms with Crippen LogP contribution in [-0.2, 0) is 0 Å². The van der Waals surface area contributed by atoms with Gasteiger partial charge < -0.3 is 10.6 Å². The molecule has 1 saturated carbocycles. The number of anilines is 1. The van der Waals surface area contributed by atoms with E-state index in [9.17, 15) is 0 Å². The summed E-state index contributed by atoms with van der Waals surface area (Å²) in [6.45, 7) is 3.27. The Balaban J connectivity index is 2.19. The molecule has 0 spiro atoms. The van der Waals surface area contributed by atoms with Crippen LogP contribution in [0, 0.1) is 0 Å². The van der Waals surface area contributed by atoms with Gasteiger partial charge in [-0.2, -0.15) is 0 Å². The quantitative estimate of drug-likeness (QED) is 0.841. The number of nitrogens with zero attached hydrogens (tertiary/aromatic N) is 2. The Labute approximate surface area is 132 Å². The third-order valence-electron chi connectivity index (χ3n) is 3.71. The monoisotopic (exact) mass is 389 g/mol. The second-order valence-corrected chi connectivity index (χ2v) is 6.99. The van der Waals surface area contributed by atoms with Crippen LogP contribution < -0.4 is 10.6 Å². The van der Waals surface area contributed by atoms with Crippen molar-refractivity contribution >= 4 is 37.7 Å². The fraction of sp³-hybridized carbons (Fsp3) is 0.643. The van der Waals surface area contributed by atoms with E-state index in [0.717, 1.165) is 40.6 Å². The predicted molar refractivity (Wildman–Crippen MR) is 87.5 cm³/mol. The summed E-state index contributed by atoms with van der Waals surface area (Å²) in [7, 11) is 0. The first-order valence-electron chi connectivity index (χ1n) is 6.95. The van der Waals surface area contributed by atoms with Crippen LogP contribution in [0.15, 0.2) is 21.2 Å². The van der Waals surface area contributed by atoms with Gasteiger partial charge in [0.15, 0.2) is 0 Å². The average molecular weight is 391 g/mol. The van der Waals surface area contributed by atoms with Crippen molar-refractivity contribution < 1.29 is 0 Å². The van der Waals surface area contributed by atoms with E-state index in [0.29, 0.717) is 12.1 Å². The zero-order valence-electron chi connectivity index (χ0n) is 11.3. The molecular formula is C14H21Br2N3. The molecular weight excluding hydrogens is 370 g/mol. The molecule has 5 heteroatoms. The van der Waals surface area contributed by atoms with Gasteiger partial charge in [0.1, 0.15) is 5.82 Å². The predicted octanol–water partition coefficient (Wildman–Crippen LogP) is 4.09. The number of halogens is 2. The molecule has 1 aromatic heterocycles. The first kappa shape index (κ1) is 15.3. The van der Waals surface area contributed by atoms with E-state index < -0.39 is 0 Å². The van der Waals surface area contributed by atoms with E-state index in [4.69, 9.17) is 5.73 Å². The van der Waals surface area contributed by atoms with Gasteiger partial charge in [-0.25, -0.2) is 4.98 Å². The molecule has 0 saturated heterocycles. The van der Waals surface area contributed by atoms with Crippen molar-refractivity contribution in [3.63, 3.8) is 0 Å². The summed E-state index contributed by atoms with van der Waals surface area (Å²) in [4.78, 5) is 7.04. The van der Waals surface area contributed by atoms with Crippen LogP contribution in [0.4, 0.5) is 5.82 Å². The molecule has 1 aromatic rings. The smallest absolute Gasteiger partial charge is 0.143 e. The molecule has 2 rings (SSSR count). The van der Waals surface area contributed by atoms with Gasteiger partial charge in [0.05, 0.1) is 4.47 Å². The van der Waals surface area contributed by atoms with Crippen molar-refractivity contribution in [3.05, 3.63) is 21.2 Å². The van der Waals surface area contributed by atoms with E-state index >= 15 is 0 Å². The number of hydrogen-bond donors (Lipinski definition) is 1. The summed E-state index contributed by atoms with van der Waals surface area (Å²) in [5.41, 5.74) is 6.01. The summed E-state index contributed by atoms with van der Waals surface area (Å²) in [5.74, 6) is 1.06. The first-order valence-corrected chi connectivity index (χ1v) is 8.53. The van der Waals surface area contributed by atoms with E-state index in [2.05, 4.69) is 54.7 Å². The summed E-state index contributed by atoms with van der Waals surface area (Å²) >= 11 is 7.10. The summed E-state index contributed by atoms with van der Waals surface area (Å²) in [6.07, 6.45) is 7.60. The maximum absolute atomic E-state index is 6.01. The Morgan fingerprint density at radius 2 is 2.00 bits per heavy atom. The molecule has 0 amide bonds. The number of nitrogens with two attached hydrogens (primary N) is 1. The minimum atomic E-state index is 0.390. The third kappa shape index (κ3) is 3.92. The van der Waals surface area contributed by atoms with Crippen molar-refractivity contribution in [1.29, 1.82) is 0 Å². The maximum Gasteiger partial charge on any atom is 0.143 e. The van der Waals surface area contributed by atoms with Crippen LogP contribution in [0.25, 0.3) is 0 Å². The fourth-order valence-electron chi connectivity index (χ4n) is 2.73. The SMILES string of the molecule is CCCN(c1ncc(Br)cc1Br)C1CCC(N)CC1. The standard InChI is InChI=1S/C14H21Br2N3/c1-2-7-19(12-5-3-11(17)4-6-12)14-13(16)8-10(15)9-18-14/h8-9,11-12H,2-7,17H2,1H3. The highest BCUT2D eigenvalue weighted by Gasteiger charge is 2.25. The van der Waals surface area contributed by atoms with Gasteiger partial charge in [0, 0.05) is 29.3 Å². The van der Waals surface area contributed by atoms with Crippen molar-refractivity contribution in [2.75, 3.05) is 11.4 Å². The van der Waals surface area contributed by atoms with Gasteiger partial charge in [0.25, 0.3) is 0 Å². The Hall–Kier alpha value is -0.130. The van der Waals surface area contributed by atoms with Crippen molar-refractivity contribution in [2.24, 2.45) is 5.73 Å². The lowest BCUT2D eigenvalue weighted by molar-refractivity contribution is 0.373. The van der Waals surface area contributed by atoms with Gasteiger partial charge in [-0.1, -0.05) is 6.92 Å².